The van der Waals surface area contributed by atoms with Gasteiger partial charge in [0.2, 0.25) is 0 Å². The number of rotatable bonds is 63. The number of likely N-dealkylation sites (N-methyl/N-ethyl adjacent to an activating group) is 1. The summed E-state index contributed by atoms with van der Waals surface area (Å²) in [6, 6.07) is 0. The third-order valence-corrected chi connectivity index (χ3v) is 14.8. The molecule has 0 heterocycles. The van der Waals surface area contributed by atoms with Crippen molar-refractivity contribution in [2.24, 2.45) is 0 Å². The van der Waals surface area contributed by atoms with Gasteiger partial charge in [0, 0.05) is 12.8 Å². The van der Waals surface area contributed by atoms with Crippen molar-refractivity contribution in [1.82, 2.24) is 0 Å². The molecule has 9 heteroatoms. The van der Waals surface area contributed by atoms with Crippen molar-refractivity contribution < 1.29 is 42.9 Å². The zero-order chi connectivity index (χ0) is 60.5. The van der Waals surface area contributed by atoms with Gasteiger partial charge in [-0.1, -0.05) is 291 Å². The van der Waals surface area contributed by atoms with E-state index in [1.807, 2.05) is 21.1 Å². The molecule has 9 nitrogen and oxygen atoms in total. The van der Waals surface area contributed by atoms with E-state index in [0.717, 1.165) is 89.9 Å². The van der Waals surface area contributed by atoms with Gasteiger partial charge < -0.3 is 28.5 Å². The molecule has 0 aliphatic rings. The Hall–Kier alpha value is -3.79. The number of esters is 2. The maximum absolute atomic E-state index is 12.9. The van der Waals surface area contributed by atoms with E-state index in [0.29, 0.717) is 17.4 Å². The van der Waals surface area contributed by atoms with E-state index in [4.69, 9.17) is 18.9 Å². The lowest BCUT2D eigenvalue weighted by molar-refractivity contribution is -0.870. The van der Waals surface area contributed by atoms with Gasteiger partial charge in [-0.25, -0.2) is 4.79 Å². The third-order valence-electron chi connectivity index (χ3n) is 14.8. The Morgan fingerprint density at radius 2 is 0.651 bits per heavy atom. The predicted octanol–water partition coefficient (Wildman–Crippen LogP) is 21.2. The first-order chi connectivity index (χ1) is 40.6. The summed E-state index contributed by atoms with van der Waals surface area (Å²) in [5.74, 6) is -2.00. The molecule has 478 valence electrons. The van der Waals surface area contributed by atoms with Crippen molar-refractivity contribution in [3.05, 3.63) is 97.2 Å². The lowest BCUT2D eigenvalue weighted by atomic mass is 10.0. The van der Waals surface area contributed by atoms with Crippen LogP contribution in [-0.4, -0.2) is 87.4 Å². The minimum absolute atomic E-state index is 0.184. The highest BCUT2D eigenvalue weighted by Gasteiger charge is 2.25. The zero-order valence-corrected chi connectivity index (χ0v) is 54.6. The molecule has 2 atom stereocenters. The fraction of sp³-hybridized carbons (Fsp3) is 0.743. The van der Waals surface area contributed by atoms with Crippen molar-refractivity contribution in [2.45, 2.75) is 309 Å². The van der Waals surface area contributed by atoms with Crippen molar-refractivity contribution in [2.75, 3.05) is 47.5 Å². The molecule has 83 heavy (non-hydrogen) atoms. The van der Waals surface area contributed by atoms with Gasteiger partial charge in [-0.2, -0.15) is 0 Å². The average Bonchev–Trinajstić information content (AvgIpc) is 3.46. The van der Waals surface area contributed by atoms with Gasteiger partial charge >= 0.3 is 17.9 Å². The van der Waals surface area contributed by atoms with Crippen molar-refractivity contribution in [3.8, 4) is 0 Å². The first kappa shape index (κ1) is 79.2. The van der Waals surface area contributed by atoms with E-state index in [1.165, 1.54) is 180 Å². The molecule has 0 bridgehead atoms. The lowest BCUT2D eigenvalue weighted by Gasteiger charge is -2.25. The lowest BCUT2D eigenvalue weighted by Crippen LogP contribution is -2.40. The molecule has 0 amide bonds. The fourth-order valence-electron chi connectivity index (χ4n) is 9.65. The Morgan fingerprint density at radius 3 is 0.964 bits per heavy atom. The number of carboxylic acids is 1. The summed E-state index contributed by atoms with van der Waals surface area (Å²) < 4.78 is 23.0. The number of quaternary nitrogens is 1. The molecule has 1 N–H and O–H groups in total. The van der Waals surface area contributed by atoms with Gasteiger partial charge in [0.05, 0.1) is 34.4 Å². The first-order valence-corrected chi connectivity index (χ1v) is 34.4. The van der Waals surface area contributed by atoms with Crippen LogP contribution in [0.4, 0.5) is 0 Å². The number of carbonyl (C=O) groups is 3. The minimum Gasteiger partial charge on any atom is -0.477 e. The molecule has 0 saturated carbocycles. The SMILES string of the molecule is CC/C=C\C/C=C\C/C=C\C/C=C\CCCCCCCCCCCCCCCCCCCCCCC(=O)OC(COC(=O)CCCCCCCCCCCCCC/C=C\C/C=C\C/C=C\C/C=C\CC)COC(OCC[N+](C)(C)C)C(=O)O. The summed E-state index contributed by atoms with van der Waals surface area (Å²) in [7, 11) is 5.98. The zero-order valence-electron chi connectivity index (χ0n) is 54.6. The molecule has 0 aliphatic heterocycles. The van der Waals surface area contributed by atoms with Gasteiger partial charge in [0.15, 0.2) is 6.10 Å². The summed E-state index contributed by atoms with van der Waals surface area (Å²) in [4.78, 5) is 37.6. The number of carbonyl (C=O) groups excluding carboxylic acids is 2. The van der Waals surface area contributed by atoms with Crippen LogP contribution in [0.5, 0.6) is 0 Å². The molecular formula is C74H130NO8+. The molecule has 0 aliphatic carbocycles. The molecule has 0 rings (SSSR count). The van der Waals surface area contributed by atoms with Crippen LogP contribution in [0.1, 0.15) is 296 Å². The summed E-state index contributed by atoms with van der Waals surface area (Å²) >= 11 is 0. The second kappa shape index (κ2) is 64.2. The van der Waals surface area contributed by atoms with Crippen molar-refractivity contribution in [3.63, 3.8) is 0 Å². The second-order valence-corrected chi connectivity index (χ2v) is 24.1. The topological polar surface area (TPSA) is 108 Å². The van der Waals surface area contributed by atoms with Crippen molar-refractivity contribution >= 4 is 17.9 Å². The Labute approximate surface area is 512 Å². The predicted molar refractivity (Wildman–Crippen MR) is 355 cm³/mol. The monoisotopic (exact) mass is 1160 g/mol. The number of unbranched alkanes of at least 4 members (excludes halogenated alkanes) is 32. The largest absolute Gasteiger partial charge is 0.477 e. The van der Waals surface area contributed by atoms with Gasteiger partial charge in [-0.05, 0) is 89.9 Å². The summed E-state index contributed by atoms with van der Waals surface area (Å²) in [6.45, 7) is 4.68. The molecular weight excluding hydrogens is 1030 g/mol. The number of hydrogen-bond acceptors (Lipinski definition) is 7. The molecule has 0 spiro atoms. The van der Waals surface area contributed by atoms with E-state index in [1.54, 1.807) is 0 Å². The quantitative estimate of drug-likeness (QED) is 0.0211. The van der Waals surface area contributed by atoms with Crippen LogP contribution in [0, 0.1) is 0 Å². The average molecular weight is 1160 g/mol. The number of carboxylic acid groups (broad SMARTS) is 1. The Kier molecular flexibility index (Phi) is 61.3. The molecule has 0 aromatic heterocycles. The number of ether oxygens (including phenoxy) is 4. The summed E-state index contributed by atoms with van der Waals surface area (Å²) in [5.41, 5.74) is 0. The Bertz CT molecular complexity index is 1680. The molecule has 0 saturated heterocycles. The Balaban J connectivity index is 4.09. The highest BCUT2D eigenvalue weighted by atomic mass is 16.7. The molecule has 0 radical (unpaired) electrons. The van der Waals surface area contributed by atoms with Crippen LogP contribution in [0.25, 0.3) is 0 Å². The van der Waals surface area contributed by atoms with Crippen LogP contribution in [0.15, 0.2) is 97.2 Å². The van der Waals surface area contributed by atoms with E-state index < -0.39 is 24.3 Å². The molecule has 0 aromatic rings. The third kappa shape index (κ3) is 65.6. The van der Waals surface area contributed by atoms with E-state index in [2.05, 4.69) is 111 Å². The molecule has 0 aromatic carbocycles. The second-order valence-electron chi connectivity index (χ2n) is 24.1. The number of hydrogen-bond donors (Lipinski definition) is 1. The van der Waals surface area contributed by atoms with Crippen LogP contribution in [0.2, 0.25) is 0 Å². The standard InChI is InChI=1S/C74H129NO8/c1-6-8-10-12-14-16-18-20-22-24-26-28-30-32-33-34-35-36-37-38-39-41-43-45-47-49-51-53-55-57-59-61-63-65-72(77)83-70(69-82-74(73(78)79)80-67-66-75(3,4)5)68-81-71(76)64-62-60-58-56-54-52-50-48-46-44-42-40-31-29-27-25-23-21-19-17-15-13-11-9-7-2/h8-11,14-17,20-23,26-29,70,74H,6-7,12-13,18-19,24-25,30-69H2,1-5H3/p+1/b10-8-,11-9-,16-14-,17-15-,22-20-,23-21-,28-26-,29-27-. The maximum Gasteiger partial charge on any atom is 0.361 e. The molecule has 0 fully saturated rings. The summed E-state index contributed by atoms with van der Waals surface area (Å²) in [5, 5.41) is 9.74. The van der Waals surface area contributed by atoms with Crippen LogP contribution in [-0.2, 0) is 33.3 Å². The van der Waals surface area contributed by atoms with Gasteiger partial charge in [0.1, 0.15) is 13.2 Å². The highest BCUT2D eigenvalue weighted by Crippen LogP contribution is 2.18. The van der Waals surface area contributed by atoms with Gasteiger partial charge in [-0.15, -0.1) is 0 Å². The van der Waals surface area contributed by atoms with E-state index in [9.17, 15) is 19.5 Å². The fourth-order valence-corrected chi connectivity index (χ4v) is 9.65. The number of allylic oxidation sites excluding steroid dienone is 16. The minimum atomic E-state index is -1.51. The highest BCUT2D eigenvalue weighted by molar-refractivity contribution is 5.71. The number of nitrogens with zero attached hydrogens (tertiary/aromatic N) is 1. The normalized spacial score (nSPS) is 13.3. The summed E-state index contributed by atoms with van der Waals surface area (Å²) in [6.07, 6.45) is 85.2. The van der Waals surface area contributed by atoms with Gasteiger partial charge in [0.25, 0.3) is 6.29 Å². The first-order valence-electron chi connectivity index (χ1n) is 34.4. The van der Waals surface area contributed by atoms with Crippen molar-refractivity contribution in [1.29, 1.82) is 0 Å². The Morgan fingerprint density at radius 1 is 0.361 bits per heavy atom. The molecule has 2 unspecified atom stereocenters. The van der Waals surface area contributed by atoms with Crippen LogP contribution >= 0.6 is 0 Å². The van der Waals surface area contributed by atoms with E-state index >= 15 is 0 Å². The number of aliphatic carboxylic acids is 1. The smallest absolute Gasteiger partial charge is 0.361 e. The van der Waals surface area contributed by atoms with Gasteiger partial charge in [-0.3, -0.25) is 9.59 Å². The van der Waals surface area contributed by atoms with Crippen LogP contribution in [0.3, 0.4) is 0 Å². The van der Waals surface area contributed by atoms with E-state index in [-0.39, 0.29) is 32.2 Å². The van der Waals surface area contributed by atoms with Crippen LogP contribution < -0.4 is 0 Å². The maximum atomic E-state index is 12.9.